The molecule has 150 valence electrons. The van der Waals surface area contributed by atoms with E-state index in [1.54, 1.807) is 24.3 Å². The summed E-state index contributed by atoms with van der Waals surface area (Å²) in [6.07, 6.45) is -0.223. The highest BCUT2D eigenvalue weighted by molar-refractivity contribution is 7.89. The van der Waals surface area contributed by atoms with E-state index in [0.29, 0.717) is 16.5 Å². The van der Waals surface area contributed by atoms with E-state index < -0.39 is 28.5 Å². The number of rotatable bonds is 9. The highest BCUT2D eigenvalue weighted by Gasteiger charge is 2.15. The van der Waals surface area contributed by atoms with Gasteiger partial charge >= 0.3 is 5.97 Å². The number of benzene rings is 2. The number of ether oxygens (including phenoxy) is 2. The number of carbonyl (C=O) groups excluding carboxylic acids is 2. The van der Waals surface area contributed by atoms with Gasteiger partial charge in [0.05, 0.1) is 18.4 Å². The lowest BCUT2D eigenvalue weighted by Gasteiger charge is -2.09. The van der Waals surface area contributed by atoms with E-state index in [9.17, 15) is 18.0 Å². The van der Waals surface area contributed by atoms with Crippen molar-refractivity contribution in [3.63, 3.8) is 0 Å². The van der Waals surface area contributed by atoms with Crippen LogP contribution in [0.15, 0.2) is 53.4 Å². The molecule has 0 fully saturated rings. The Morgan fingerprint density at radius 3 is 2.50 bits per heavy atom. The predicted molar refractivity (Wildman–Crippen MR) is 104 cm³/mol. The number of carbonyl (C=O) groups is 2. The summed E-state index contributed by atoms with van der Waals surface area (Å²) in [6.45, 7) is -0.652. The standard InChI is InChI=1S/C18H19ClN2O6S/c1-26-15-4-2-3-14(11-15)21-17(22)12-27-18(23)9-10-20-28(24,25)16-7-5-13(19)6-8-16/h2-8,11,20H,9-10,12H2,1H3,(H,21,22). The van der Waals surface area contributed by atoms with Crippen molar-refractivity contribution in [1.29, 1.82) is 0 Å². The molecule has 0 aliphatic rings. The number of sulfonamides is 1. The molecule has 0 saturated carbocycles. The molecule has 1 amide bonds. The Balaban J connectivity index is 1.73. The smallest absolute Gasteiger partial charge is 0.307 e. The Hall–Kier alpha value is -2.62. The molecule has 2 N–H and O–H groups in total. The summed E-state index contributed by atoms with van der Waals surface area (Å²) in [6, 6.07) is 12.3. The first-order valence-corrected chi connectivity index (χ1v) is 10.0. The second kappa shape index (κ2) is 10.1. The summed E-state index contributed by atoms with van der Waals surface area (Å²) in [7, 11) is -2.26. The number of methoxy groups -OCH3 is 1. The van der Waals surface area contributed by atoms with Crippen LogP contribution in [-0.2, 0) is 24.3 Å². The number of esters is 1. The normalized spacial score (nSPS) is 10.9. The van der Waals surface area contributed by atoms with Gasteiger partial charge in [-0.05, 0) is 36.4 Å². The highest BCUT2D eigenvalue weighted by Crippen LogP contribution is 2.16. The van der Waals surface area contributed by atoms with Crippen LogP contribution < -0.4 is 14.8 Å². The Morgan fingerprint density at radius 2 is 1.82 bits per heavy atom. The highest BCUT2D eigenvalue weighted by atomic mass is 35.5. The maximum Gasteiger partial charge on any atom is 0.307 e. The molecular formula is C18H19ClN2O6S. The van der Waals surface area contributed by atoms with Gasteiger partial charge in [0.25, 0.3) is 5.91 Å². The van der Waals surface area contributed by atoms with Gasteiger partial charge in [-0.15, -0.1) is 0 Å². The number of anilines is 1. The Labute approximate surface area is 167 Å². The fourth-order valence-electron chi connectivity index (χ4n) is 2.10. The van der Waals surface area contributed by atoms with E-state index in [2.05, 4.69) is 10.0 Å². The van der Waals surface area contributed by atoms with Crippen LogP contribution in [0.3, 0.4) is 0 Å². The van der Waals surface area contributed by atoms with Crippen LogP contribution in [0.2, 0.25) is 5.02 Å². The molecule has 0 aliphatic carbocycles. The van der Waals surface area contributed by atoms with Gasteiger partial charge in [-0.2, -0.15) is 0 Å². The minimum atomic E-state index is -3.76. The lowest BCUT2D eigenvalue weighted by Crippen LogP contribution is -2.28. The number of hydrogen-bond donors (Lipinski definition) is 2. The fraction of sp³-hybridized carbons (Fsp3) is 0.222. The van der Waals surface area contributed by atoms with Crippen molar-refractivity contribution in [1.82, 2.24) is 4.72 Å². The summed E-state index contributed by atoms with van der Waals surface area (Å²) in [5, 5.41) is 2.97. The first-order valence-electron chi connectivity index (χ1n) is 8.15. The molecule has 8 nitrogen and oxygen atoms in total. The van der Waals surface area contributed by atoms with Gasteiger partial charge in [-0.3, -0.25) is 9.59 Å². The topological polar surface area (TPSA) is 111 Å². The molecule has 0 aliphatic heterocycles. The second-order valence-electron chi connectivity index (χ2n) is 5.54. The van der Waals surface area contributed by atoms with E-state index in [4.69, 9.17) is 21.1 Å². The second-order valence-corrected chi connectivity index (χ2v) is 7.75. The van der Waals surface area contributed by atoms with Crippen LogP contribution in [-0.4, -0.2) is 40.6 Å². The summed E-state index contributed by atoms with van der Waals surface area (Å²) in [5.41, 5.74) is 0.496. The lowest BCUT2D eigenvalue weighted by molar-refractivity contribution is -0.147. The van der Waals surface area contributed by atoms with Crippen molar-refractivity contribution >= 4 is 39.2 Å². The summed E-state index contributed by atoms with van der Waals surface area (Å²) in [5.74, 6) is -0.661. The maximum absolute atomic E-state index is 12.1. The Morgan fingerprint density at radius 1 is 1.11 bits per heavy atom. The van der Waals surface area contributed by atoms with Gasteiger partial charge in [0.1, 0.15) is 5.75 Å². The monoisotopic (exact) mass is 426 g/mol. The van der Waals surface area contributed by atoms with Crippen LogP contribution in [0, 0.1) is 0 Å². The largest absolute Gasteiger partial charge is 0.497 e. The summed E-state index contributed by atoms with van der Waals surface area (Å²) in [4.78, 5) is 23.5. The lowest BCUT2D eigenvalue weighted by atomic mass is 10.3. The number of nitrogens with one attached hydrogen (secondary N) is 2. The molecule has 0 radical (unpaired) electrons. The summed E-state index contributed by atoms with van der Waals surface area (Å²) >= 11 is 5.72. The van der Waals surface area contributed by atoms with Crippen molar-refractivity contribution in [3.8, 4) is 5.75 Å². The molecule has 0 atom stereocenters. The zero-order chi connectivity index (χ0) is 20.6. The predicted octanol–water partition coefficient (Wildman–Crippen LogP) is 2.20. The number of amides is 1. The average molecular weight is 427 g/mol. The van der Waals surface area contributed by atoms with E-state index in [0.717, 1.165) is 0 Å². The SMILES string of the molecule is COc1cccc(NC(=O)COC(=O)CCNS(=O)(=O)c2ccc(Cl)cc2)c1. The van der Waals surface area contributed by atoms with Crippen molar-refractivity contribution in [3.05, 3.63) is 53.6 Å². The van der Waals surface area contributed by atoms with Crippen molar-refractivity contribution in [2.75, 3.05) is 25.6 Å². The first-order chi connectivity index (χ1) is 13.3. The van der Waals surface area contributed by atoms with Crippen LogP contribution in [0.4, 0.5) is 5.69 Å². The third-order valence-electron chi connectivity index (χ3n) is 3.46. The Kier molecular flexibility index (Phi) is 7.80. The minimum absolute atomic E-state index is 0.0305. The quantitative estimate of drug-likeness (QED) is 0.594. The van der Waals surface area contributed by atoms with Crippen LogP contribution in [0.25, 0.3) is 0 Å². The summed E-state index contributed by atoms with van der Waals surface area (Å²) < 4.78 is 36.3. The molecule has 28 heavy (non-hydrogen) atoms. The van der Waals surface area contributed by atoms with Gasteiger partial charge in [0.2, 0.25) is 10.0 Å². The molecular weight excluding hydrogens is 408 g/mol. The number of hydrogen-bond acceptors (Lipinski definition) is 6. The first kappa shape index (κ1) is 21.7. The molecule has 0 spiro atoms. The third kappa shape index (κ3) is 6.84. The zero-order valence-corrected chi connectivity index (χ0v) is 16.5. The van der Waals surface area contributed by atoms with E-state index in [1.807, 2.05) is 0 Å². The van der Waals surface area contributed by atoms with E-state index in [1.165, 1.54) is 31.4 Å². The van der Waals surface area contributed by atoms with Gasteiger partial charge in [-0.25, -0.2) is 13.1 Å². The average Bonchev–Trinajstić information content (AvgIpc) is 2.67. The van der Waals surface area contributed by atoms with E-state index in [-0.39, 0.29) is 17.9 Å². The maximum atomic E-state index is 12.1. The van der Waals surface area contributed by atoms with Crippen LogP contribution in [0.5, 0.6) is 5.75 Å². The third-order valence-corrected chi connectivity index (χ3v) is 5.19. The number of halogens is 1. The molecule has 0 saturated heterocycles. The van der Waals surface area contributed by atoms with Crippen LogP contribution in [0.1, 0.15) is 6.42 Å². The zero-order valence-electron chi connectivity index (χ0n) is 15.0. The van der Waals surface area contributed by atoms with Crippen molar-refractivity contribution in [2.45, 2.75) is 11.3 Å². The molecule has 2 aromatic rings. The van der Waals surface area contributed by atoms with Gasteiger partial charge in [-0.1, -0.05) is 17.7 Å². The van der Waals surface area contributed by atoms with Gasteiger partial charge in [0, 0.05) is 23.3 Å². The molecule has 10 heteroatoms. The molecule has 2 aromatic carbocycles. The van der Waals surface area contributed by atoms with E-state index >= 15 is 0 Å². The Bertz CT molecular complexity index is 931. The minimum Gasteiger partial charge on any atom is -0.497 e. The fourth-order valence-corrected chi connectivity index (χ4v) is 3.26. The molecule has 0 bridgehead atoms. The van der Waals surface area contributed by atoms with Gasteiger partial charge < -0.3 is 14.8 Å². The van der Waals surface area contributed by atoms with Gasteiger partial charge in [0.15, 0.2) is 6.61 Å². The molecule has 0 aromatic heterocycles. The molecule has 0 heterocycles. The van der Waals surface area contributed by atoms with Crippen molar-refractivity contribution in [2.24, 2.45) is 0 Å². The van der Waals surface area contributed by atoms with Crippen LogP contribution >= 0.6 is 11.6 Å². The van der Waals surface area contributed by atoms with Crippen molar-refractivity contribution < 1.29 is 27.5 Å². The molecule has 2 rings (SSSR count). The molecule has 0 unspecified atom stereocenters.